The van der Waals surface area contributed by atoms with Gasteiger partial charge in [0.2, 0.25) is 0 Å². The molecule has 0 aliphatic rings. The highest BCUT2D eigenvalue weighted by Crippen LogP contribution is 1.97. The standard InChI is InChI=1S/C7H12ClN3O5/c1-4(12)5(6(13)14)9-7(15)11(10-16)3-2-8/h4-5,12H,2-3H2,1H3,(H,9,15)(H,13,14)/t4-,5+/m1/s1. The third-order valence-electron chi connectivity index (χ3n) is 1.66. The summed E-state index contributed by atoms with van der Waals surface area (Å²) in [7, 11) is 0. The molecular formula is C7H12ClN3O5. The first-order valence-electron chi connectivity index (χ1n) is 4.32. The van der Waals surface area contributed by atoms with Crippen LogP contribution in [0.2, 0.25) is 0 Å². The number of nitrogens with zero attached hydrogens (tertiary/aromatic N) is 2. The van der Waals surface area contributed by atoms with E-state index in [2.05, 4.69) is 5.29 Å². The second kappa shape index (κ2) is 6.96. The monoisotopic (exact) mass is 253 g/mol. The first-order valence-corrected chi connectivity index (χ1v) is 4.85. The predicted molar refractivity (Wildman–Crippen MR) is 54.9 cm³/mol. The van der Waals surface area contributed by atoms with E-state index in [0.717, 1.165) is 0 Å². The van der Waals surface area contributed by atoms with Gasteiger partial charge in [0.1, 0.15) is 0 Å². The number of hydrogen-bond acceptors (Lipinski definition) is 5. The molecule has 0 bridgehead atoms. The van der Waals surface area contributed by atoms with Gasteiger partial charge in [-0.2, -0.15) is 5.01 Å². The van der Waals surface area contributed by atoms with Gasteiger partial charge >= 0.3 is 12.0 Å². The molecular weight excluding hydrogens is 242 g/mol. The van der Waals surface area contributed by atoms with Crippen molar-refractivity contribution < 1.29 is 19.8 Å². The average molecular weight is 254 g/mol. The number of nitroso groups, excluding NO2 is 1. The molecule has 3 N–H and O–H groups in total. The van der Waals surface area contributed by atoms with Gasteiger partial charge in [-0.3, -0.25) is 0 Å². The molecule has 2 amide bonds. The Labute approximate surface area is 96.1 Å². The van der Waals surface area contributed by atoms with Gasteiger partial charge in [0, 0.05) is 5.88 Å². The molecule has 0 saturated heterocycles. The molecule has 0 heterocycles. The molecule has 0 aromatic carbocycles. The largest absolute Gasteiger partial charge is 0.480 e. The molecule has 16 heavy (non-hydrogen) atoms. The number of rotatable bonds is 6. The van der Waals surface area contributed by atoms with E-state index in [1.165, 1.54) is 6.92 Å². The van der Waals surface area contributed by atoms with Crippen LogP contribution >= 0.6 is 11.6 Å². The lowest BCUT2D eigenvalue weighted by molar-refractivity contribution is -0.141. The highest BCUT2D eigenvalue weighted by atomic mass is 35.5. The van der Waals surface area contributed by atoms with E-state index in [1.807, 2.05) is 5.32 Å². The number of amides is 2. The van der Waals surface area contributed by atoms with Gasteiger partial charge in [-0.25, -0.2) is 9.59 Å². The minimum atomic E-state index is -1.51. The summed E-state index contributed by atoms with van der Waals surface area (Å²) < 4.78 is 0. The molecule has 9 heteroatoms. The van der Waals surface area contributed by atoms with E-state index >= 15 is 0 Å². The number of aliphatic hydroxyl groups excluding tert-OH is 1. The third kappa shape index (κ3) is 4.41. The number of urea groups is 1. The van der Waals surface area contributed by atoms with Gasteiger partial charge in [-0.15, -0.1) is 16.5 Å². The van der Waals surface area contributed by atoms with E-state index < -0.39 is 24.1 Å². The van der Waals surface area contributed by atoms with E-state index in [4.69, 9.17) is 21.8 Å². The van der Waals surface area contributed by atoms with Crippen LogP contribution in [0.15, 0.2) is 5.29 Å². The van der Waals surface area contributed by atoms with Gasteiger partial charge in [0.15, 0.2) is 6.04 Å². The van der Waals surface area contributed by atoms with E-state index in [9.17, 15) is 14.5 Å². The summed E-state index contributed by atoms with van der Waals surface area (Å²) >= 11 is 5.29. The molecule has 92 valence electrons. The van der Waals surface area contributed by atoms with Crippen LogP contribution < -0.4 is 5.32 Å². The van der Waals surface area contributed by atoms with Gasteiger partial charge in [0.05, 0.1) is 17.9 Å². The van der Waals surface area contributed by atoms with Crippen molar-refractivity contribution in [1.82, 2.24) is 10.3 Å². The molecule has 0 aromatic rings. The Morgan fingerprint density at radius 2 is 2.12 bits per heavy atom. The molecule has 0 rings (SSSR count). The van der Waals surface area contributed by atoms with Crippen molar-refractivity contribution in [2.45, 2.75) is 19.1 Å². The fourth-order valence-corrected chi connectivity index (χ4v) is 1.02. The molecule has 2 atom stereocenters. The zero-order valence-corrected chi connectivity index (χ0v) is 9.22. The minimum absolute atomic E-state index is 0.0222. The Morgan fingerprint density at radius 3 is 2.44 bits per heavy atom. The SMILES string of the molecule is C[C@@H](O)[C@H](NC(=O)N(CCCl)N=O)C(=O)O. The van der Waals surface area contributed by atoms with Crippen molar-refractivity contribution in [1.29, 1.82) is 0 Å². The molecule has 0 fully saturated rings. The third-order valence-corrected chi connectivity index (χ3v) is 1.83. The first kappa shape index (κ1) is 14.6. The number of nitrogens with one attached hydrogen (secondary N) is 1. The highest BCUT2D eigenvalue weighted by molar-refractivity contribution is 6.18. The molecule has 0 saturated carbocycles. The Kier molecular flexibility index (Phi) is 6.35. The van der Waals surface area contributed by atoms with Gasteiger partial charge in [-0.05, 0) is 6.92 Å². The number of carbonyl (C=O) groups excluding carboxylic acids is 1. The van der Waals surface area contributed by atoms with Crippen LogP contribution in [0.1, 0.15) is 6.92 Å². The second-order valence-corrected chi connectivity index (χ2v) is 3.28. The summed E-state index contributed by atoms with van der Waals surface area (Å²) in [5, 5.41) is 22.5. The maximum atomic E-state index is 11.3. The highest BCUT2D eigenvalue weighted by Gasteiger charge is 2.27. The van der Waals surface area contributed by atoms with E-state index in [0.29, 0.717) is 5.01 Å². The number of carboxylic acids is 1. The molecule has 0 unspecified atom stereocenters. The Hall–Kier alpha value is -1.41. The molecule has 0 aliphatic heterocycles. The fraction of sp³-hybridized carbons (Fsp3) is 0.714. The Bertz CT molecular complexity index is 273. The molecule has 8 nitrogen and oxygen atoms in total. The second-order valence-electron chi connectivity index (χ2n) is 2.90. The summed E-state index contributed by atoms with van der Waals surface area (Å²) in [5.41, 5.74) is 0. The first-order chi connectivity index (χ1) is 7.43. The van der Waals surface area contributed by atoms with Crippen LogP contribution in [0, 0.1) is 4.91 Å². The molecule has 0 aliphatic carbocycles. The predicted octanol–water partition coefficient (Wildman–Crippen LogP) is -0.248. The topological polar surface area (TPSA) is 119 Å². The van der Waals surface area contributed by atoms with Gasteiger partial charge in [0.25, 0.3) is 0 Å². The minimum Gasteiger partial charge on any atom is -0.480 e. The number of halogens is 1. The number of alkyl halides is 1. The lowest BCUT2D eigenvalue weighted by Gasteiger charge is -2.19. The summed E-state index contributed by atoms with van der Waals surface area (Å²) in [6.07, 6.45) is -1.30. The Balaban J connectivity index is 4.49. The van der Waals surface area contributed by atoms with Crippen LogP contribution in [0.5, 0.6) is 0 Å². The normalized spacial score (nSPS) is 13.7. The van der Waals surface area contributed by atoms with E-state index in [1.54, 1.807) is 0 Å². The van der Waals surface area contributed by atoms with Crippen molar-refractivity contribution in [3.8, 4) is 0 Å². The number of carbonyl (C=O) groups is 2. The number of aliphatic hydroxyl groups is 1. The van der Waals surface area contributed by atoms with Crippen molar-refractivity contribution in [2.24, 2.45) is 5.29 Å². The van der Waals surface area contributed by atoms with E-state index in [-0.39, 0.29) is 12.4 Å². The molecule has 0 aromatic heterocycles. The smallest absolute Gasteiger partial charge is 0.341 e. The summed E-state index contributed by atoms with van der Waals surface area (Å²) in [6.45, 7) is 1.04. The van der Waals surface area contributed by atoms with Crippen LogP contribution in [-0.2, 0) is 4.79 Å². The lowest BCUT2D eigenvalue weighted by Crippen LogP contribution is -2.51. The van der Waals surface area contributed by atoms with Crippen molar-refractivity contribution >= 4 is 23.6 Å². The fourth-order valence-electron chi connectivity index (χ4n) is 0.856. The van der Waals surface area contributed by atoms with Crippen LogP contribution in [0.25, 0.3) is 0 Å². The zero-order chi connectivity index (χ0) is 12.7. The Morgan fingerprint density at radius 1 is 1.56 bits per heavy atom. The summed E-state index contributed by atoms with van der Waals surface area (Å²) in [4.78, 5) is 32.1. The van der Waals surface area contributed by atoms with Crippen LogP contribution in [0.3, 0.4) is 0 Å². The van der Waals surface area contributed by atoms with Crippen LogP contribution in [-0.4, -0.2) is 51.8 Å². The van der Waals surface area contributed by atoms with Crippen molar-refractivity contribution in [3.05, 3.63) is 4.91 Å². The number of hydrogen-bond donors (Lipinski definition) is 3. The molecule has 0 spiro atoms. The lowest BCUT2D eigenvalue weighted by atomic mass is 10.2. The zero-order valence-electron chi connectivity index (χ0n) is 8.46. The number of carboxylic acid groups (broad SMARTS) is 1. The van der Waals surface area contributed by atoms with Crippen molar-refractivity contribution in [3.63, 3.8) is 0 Å². The van der Waals surface area contributed by atoms with Crippen LogP contribution in [0.4, 0.5) is 4.79 Å². The van der Waals surface area contributed by atoms with Gasteiger partial charge in [-0.1, -0.05) is 0 Å². The quantitative estimate of drug-likeness (QED) is 0.343. The molecule has 0 radical (unpaired) electrons. The average Bonchev–Trinajstić information content (AvgIpc) is 2.21. The number of aliphatic carboxylic acids is 1. The summed E-state index contributed by atoms with van der Waals surface area (Å²) in [5.74, 6) is -1.44. The van der Waals surface area contributed by atoms with Gasteiger partial charge < -0.3 is 15.5 Å². The summed E-state index contributed by atoms with van der Waals surface area (Å²) in [6, 6.07) is -2.53. The maximum absolute atomic E-state index is 11.3. The maximum Gasteiger partial charge on any atom is 0.341 e. The van der Waals surface area contributed by atoms with Crippen molar-refractivity contribution in [2.75, 3.05) is 12.4 Å².